The van der Waals surface area contributed by atoms with Gasteiger partial charge in [0.25, 0.3) is 5.91 Å². The molecule has 1 aliphatic heterocycles. The molecule has 3 aromatic rings. The maximum atomic E-state index is 13.4. The highest BCUT2D eigenvalue weighted by molar-refractivity contribution is 7.91. The second-order valence-electron chi connectivity index (χ2n) is 7.49. The smallest absolute Gasteiger partial charge is 0.290 e. The van der Waals surface area contributed by atoms with Crippen LogP contribution in [0.15, 0.2) is 44.9 Å². The van der Waals surface area contributed by atoms with Gasteiger partial charge in [0.05, 0.1) is 23.4 Å². The molecule has 4 rings (SSSR count). The lowest BCUT2D eigenvalue weighted by atomic mass is 10.1. The van der Waals surface area contributed by atoms with Crippen LogP contribution >= 0.6 is 11.3 Å². The standard InChI is InChI=1S/C21H21NO5S2/c1-13-3-4-16-17(23)10-19(27-18(16)9-13)21(24)22(11-20-14(2)5-7-28-20)15-6-8-29(25,26)12-15/h3-5,7,9-10,15H,6,8,11-12H2,1-2H3/t15-/m1/s1. The van der Waals surface area contributed by atoms with Crippen LogP contribution in [0.4, 0.5) is 0 Å². The molecule has 1 aliphatic rings. The largest absolute Gasteiger partial charge is 0.451 e. The lowest BCUT2D eigenvalue weighted by molar-refractivity contribution is 0.0650. The van der Waals surface area contributed by atoms with Crippen molar-refractivity contribution in [3.8, 4) is 0 Å². The molecule has 0 saturated carbocycles. The molecule has 29 heavy (non-hydrogen) atoms. The van der Waals surface area contributed by atoms with E-state index in [4.69, 9.17) is 4.42 Å². The predicted octanol–water partition coefficient (Wildman–Crippen LogP) is 3.30. The van der Waals surface area contributed by atoms with E-state index in [0.717, 1.165) is 16.0 Å². The summed E-state index contributed by atoms with van der Waals surface area (Å²) in [5, 5.41) is 2.36. The highest BCUT2D eigenvalue weighted by atomic mass is 32.2. The number of thiophene rings is 1. The quantitative estimate of drug-likeness (QED) is 0.633. The molecule has 3 heterocycles. The van der Waals surface area contributed by atoms with Crippen molar-refractivity contribution < 1.29 is 17.6 Å². The Bertz CT molecular complexity index is 1260. The van der Waals surface area contributed by atoms with Crippen molar-refractivity contribution >= 4 is 38.1 Å². The summed E-state index contributed by atoms with van der Waals surface area (Å²) < 4.78 is 29.9. The Morgan fingerprint density at radius 3 is 2.69 bits per heavy atom. The number of nitrogens with zero attached hydrogens (tertiary/aromatic N) is 1. The van der Waals surface area contributed by atoms with E-state index in [1.807, 2.05) is 31.4 Å². The highest BCUT2D eigenvalue weighted by Crippen LogP contribution is 2.26. The molecular weight excluding hydrogens is 410 g/mol. The van der Waals surface area contributed by atoms with Gasteiger partial charge in [0.15, 0.2) is 21.0 Å². The minimum atomic E-state index is -3.18. The van der Waals surface area contributed by atoms with Gasteiger partial charge in [-0.15, -0.1) is 11.3 Å². The van der Waals surface area contributed by atoms with E-state index in [1.54, 1.807) is 17.0 Å². The summed E-state index contributed by atoms with van der Waals surface area (Å²) in [6, 6.07) is 7.95. The third-order valence-corrected chi connectivity index (χ3v) is 8.05. The Balaban J connectivity index is 1.75. The fourth-order valence-corrected chi connectivity index (χ4v) is 6.25. The topological polar surface area (TPSA) is 84.7 Å². The zero-order valence-electron chi connectivity index (χ0n) is 16.2. The molecule has 1 amide bonds. The summed E-state index contributed by atoms with van der Waals surface area (Å²) in [4.78, 5) is 28.4. The van der Waals surface area contributed by atoms with Gasteiger partial charge in [-0.25, -0.2) is 8.42 Å². The fraction of sp³-hybridized carbons (Fsp3) is 0.333. The van der Waals surface area contributed by atoms with Crippen LogP contribution in [-0.2, 0) is 16.4 Å². The monoisotopic (exact) mass is 431 g/mol. The first kappa shape index (κ1) is 19.8. The second-order valence-corrected chi connectivity index (χ2v) is 10.7. The number of carbonyl (C=O) groups is 1. The number of sulfone groups is 1. The molecule has 0 unspecified atom stereocenters. The zero-order valence-corrected chi connectivity index (χ0v) is 17.8. The van der Waals surface area contributed by atoms with Crippen LogP contribution in [0, 0.1) is 13.8 Å². The predicted molar refractivity (Wildman–Crippen MR) is 113 cm³/mol. The molecule has 152 valence electrons. The Morgan fingerprint density at radius 1 is 1.24 bits per heavy atom. The van der Waals surface area contributed by atoms with Crippen LogP contribution in [0.1, 0.15) is 33.0 Å². The van der Waals surface area contributed by atoms with Crippen LogP contribution in [0.3, 0.4) is 0 Å². The number of hydrogen-bond donors (Lipinski definition) is 0. The molecule has 0 spiro atoms. The van der Waals surface area contributed by atoms with E-state index < -0.39 is 21.8 Å². The Kier molecular flexibility index (Phi) is 5.08. The second kappa shape index (κ2) is 7.42. The molecule has 1 fully saturated rings. The number of rotatable bonds is 4. The molecule has 1 aromatic carbocycles. The highest BCUT2D eigenvalue weighted by Gasteiger charge is 2.36. The van der Waals surface area contributed by atoms with Crippen molar-refractivity contribution in [3.63, 3.8) is 0 Å². The molecule has 8 heteroatoms. The summed E-state index contributed by atoms with van der Waals surface area (Å²) in [7, 11) is -3.18. The molecular formula is C21H21NO5S2. The van der Waals surface area contributed by atoms with Gasteiger partial charge in [0, 0.05) is 17.0 Å². The average Bonchev–Trinajstić information content (AvgIpc) is 3.23. The normalized spacial score (nSPS) is 18.2. The van der Waals surface area contributed by atoms with Crippen LogP contribution in [0.5, 0.6) is 0 Å². The summed E-state index contributed by atoms with van der Waals surface area (Å²) in [5.74, 6) is -0.529. The van der Waals surface area contributed by atoms with E-state index in [9.17, 15) is 18.0 Å². The van der Waals surface area contributed by atoms with Gasteiger partial charge in [-0.05, 0) is 55.0 Å². The molecule has 0 N–H and O–H groups in total. The van der Waals surface area contributed by atoms with E-state index in [0.29, 0.717) is 17.4 Å². The SMILES string of the molecule is Cc1ccc2c(=O)cc(C(=O)N(Cc3sccc3C)[C@@H]3CCS(=O)(=O)C3)oc2c1. The van der Waals surface area contributed by atoms with E-state index >= 15 is 0 Å². The summed E-state index contributed by atoms with van der Waals surface area (Å²) >= 11 is 1.52. The van der Waals surface area contributed by atoms with E-state index in [1.165, 1.54) is 17.4 Å². The number of carbonyl (C=O) groups excluding carboxylic acids is 1. The van der Waals surface area contributed by atoms with Crippen molar-refractivity contribution in [3.05, 3.63) is 67.7 Å². The maximum absolute atomic E-state index is 13.4. The van der Waals surface area contributed by atoms with Gasteiger partial charge in [-0.3, -0.25) is 9.59 Å². The third kappa shape index (κ3) is 4.00. The molecule has 0 aliphatic carbocycles. The lowest BCUT2D eigenvalue weighted by Crippen LogP contribution is -2.40. The van der Waals surface area contributed by atoms with Crippen molar-refractivity contribution in [2.45, 2.75) is 32.9 Å². The number of amides is 1. The summed E-state index contributed by atoms with van der Waals surface area (Å²) in [6.45, 7) is 4.13. The van der Waals surface area contributed by atoms with Crippen LogP contribution in [0.2, 0.25) is 0 Å². The van der Waals surface area contributed by atoms with Gasteiger partial charge in [0.1, 0.15) is 5.58 Å². The number of benzene rings is 1. The maximum Gasteiger partial charge on any atom is 0.290 e. The van der Waals surface area contributed by atoms with Crippen LogP contribution in [0.25, 0.3) is 11.0 Å². The van der Waals surface area contributed by atoms with Gasteiger partial charge < -0.3 is 9.32 Å². The summed E-state index contributed by atoms with van der Waals surface area (Å²) in [6.07, 6.45) is 0.384. The first-order valence-electron chi connectivity index (χ1n) is 9.32. The first-order chi connectivity index (χ1) is 13.7. The Morgan fingerprint density at radius 2 is 2.03 bits per heavy atom. The molecule has 1 saturated heterocycles. The first-order valence-corrected chi connectivity index (χ1v) is 12.0. The number of fused-ring (bicyclic) bond motifs is 1. The van der Waals surface area contributed by atoms with Gasteiger partial charge in [-0.1, -0.05) is 6.07 Å². The molecule has 0 radical (unpaired) electrons. The van der Waals surface area contributed by atoms with Crippen molar-refractivity contribution in [1.29, 1.82) is 0 Å². The third-order valence-electron chi connectivity index (χ3n) is 5.29. The average molecular weight is 432 g/mol. The minimum Gasteiger partial charge on any atom is -0.451 e. The molecule has 1 atom stereocenters. The van der Waals surface area contributed by atoms with Gasteiger partial charge in [-0.2, -0.15) is 0 Å². The lowest BCUT2D eigenvalue weighted by Gasteiger charge is -2.27. The Hall–Kier alpha value is -2.45. The van der Waals surface area contributed by atoms with Gasteiger partial charge in [0.2, 0.25) is 0 Å². The zero-order chi connectivity index (χ0) is 20.8. The van der Waals surface area contributed by atoms with Crippen molar-refractivity contribution in [2.75, 3.05) is 11.5 Å². The van der Waals surface area contributed by atoms with Crippen LogP contribution < -0.4 is 5.43 Å². The summed E-state index contributed by atoms with van der Waals surface area (Å²) in [5.41, 5.74) is 2.02. The van der Waals surface area contributed by atoms with Crippen LogP contribution in [-0.4, -0.2) is 36.8 Å². The van der Waals surface area contributed by atoms with Gasteiger partial charge >= 0.3 is 0 Å². The Labute approximate surface area is 172 Å². The van der Waals surface area contributed by atoms with E-state index in [2.05, 4.69) is 0 Å². The number of aryl methyl sites for hydroxylation is 2. The number of hydrogen-bond acceptors (Lipinski definition) is 6. The molecule has 0 bridgehead atoms. The molecule has 2 aromatic heterocycles. The van der Waals surface area contributed by atoms with E-state index in [-0.39, 0.29) is 29.2 Å². The van der Waals surface area contributed by atoms with Crippen molar-refractivity contribution in [1.82, 2.24) is 4.90 Å². The minimum absolute atomic E-state index is 0.0612. The van der Waals surface area contributed by atoms with Crippen molar-refractivity contribution in [2.24, 2.45) is 0 Å². The fourth-order valence-electron chi connectivity index (χ4n) is 3.62. The molecule has 6 nitrogen and oxygen atoms in total.